The van der Waals surface area contributed by atoms with Gasteiger partial charge in [-0.2, -0.15) is 0 Å². The van der Waals surface area contributed by atoms with Crippen LogP contribution in [0.25, 0.3) is 0 Å². The van der Waals surface area contributed by atoms with Crippen molar-refractivity contribution in [2.75, 3.05) is 0 Å². The SMILES string of the molecule is Oc1cccc(C2CCC[C@@H](OOC3(O)C4CC5CC(C4)CC3C5)C2)c1. The van der Waals surface area contributed by atoms with Crippen LogP contribution in [-0.4, -0.2) is 22.1 Å². The zero-order chi connectivity index (χ0) is 17.7. The standard InChI is InChI=1S/C22H30O4/c23-20-5-1-3-16(12-20)17-4-2-6-21(13-17)25-26-22(24)18-8-14-7-15(10-18)11-19(22)9-14/h1,3,5,12,14-15,17-19,21,23-24H,2,4,6-11,13H2/t14?,15?,17?,18?,19?,21-,22?/m1/s1. The van der Waals surface area contributed by atoms with Crippen LogP contribution >= 0.6 is 0 Å². The highest BCUT2D eigenvalue weighted by molar-refractivity contribution is 5.30. The Morgan fingerprint density at radius 1 is 0.923 bits per heavy atom. The number of rotatable bonds is 4. The molecule has 5 fully saturated rings. The number of aliphatic hydroxyl groups is 1. The van der Waals surface area contributed by atoms with Crippen molar-refractivity contribution in [3.05, 3.63) is 29.8 Å². The van der Waals surface area contributed by atoms with Gasteiger partial charge in [0.25, 0.3) is 0 Å². The van der Waals surface area contributed by atoms with Crippen molar-refractivity contribution in [1.82, 2.24) is 0 Å². The number of benzene rings is 1. The van der Waals surface area contributed by atoms with E-state index in [9.17, 15) is 10.2 Å². The topological polar surface area (TPSA) is 58.9 Å². The molecule has 142 valence electrons. The van der Waals surface area contributed by atoms with Crippen molar-refractivity contribution in [2.24, 2.45) is 23.7 Å². The van der Waals surface area contributed by atoms with Crippen LogP contribution in [0, 0.1) is 23.7 Å². The minimum Gasteiger partial charge on any atom is -0.508 e. The lowest BCUT2D eigenvalue weighted by atomic mass is 9.53. The number of hydrogen-bond acceptors (Lipinski definition) is 4. The van der Waals surface area contributed by atoms with E-state index in [4.69, 9.17) is 9.78 Å². The summed E-state index contributed by atoms with van der Waals surface area (Å²) in [6.45, 7) is 0. The first kappa shape index (κ1) is 17.0. The summed E-state index contributed by atoms with van der Waals surface area (Å²) in [6, 6.07) is 7.56. The molecule has 0 aromatic heterocycles. The molecule has 1 unspecified atom stereocenters. The number of phenolic OH excluding ortho intramolecular Hbond substituents is 1. The molecule has 0 aliphatic heterocycles. The number of aromatic hydroxyl groups is 1. The van der Waals surface area contributed by atoms with Crippen LogP contribution in [0.1, 0.15) is 69.3 Å². The molecule has 6 rings (SSSR count). The fourth-order valence-electron chi connectivity index (χ4n) is 6.45. The predicted octanol–water partition coefficient (Wildman–Crippen LogP) is 4.51. The average Bonchev–Trinajstić information content (AvgIpc) is 2.64. The van der Waals surface area contributed by atoms with Gasteiger partial charge in [-0.05, 0) is 86.8 Å². The molecular weight excluding hydrogens is 328 g/mol. The molecule has 1 aromatic rings. The molecule has 26 heavy (non-hydrogen) atoms. The van der Waals surface area contributed by atoms with Crippen molar-refractivity contribution < 1.29 is 20.0 Å². The predicted molar refractivity (Wildman–Crippen MR) is 97.3 cm³/mol. The van der Waals surface area contributed by atoms with Crippen LogP contribution in [0.3, 0.4) is 0 Å². The number of phenols is 1. The summed E-state index contributed by atoms with van der Waals surface area (Å²) in [5.74, 6) is 1.75. The first-order valence-corrected chi connectivity index (χ1v) is 10.5. The highest BCUT2D eigenvalue weighted by Gasteiger charge is 2.58. The summed E-state index contributed by atoms with van der Waals surface area (Å²) in [7, 11) is 0. The van der Waals surface area contributed by atoms with Gasteiger partial charge in [-0.3, -0.25) is 0 Å². The van der Waals surface area contributed by atoms with Crippen molar-refractivity contribution in [3.63, 3.8) is 0 Å². The normalized spacial score (nSPS) is 44.3. The first-order valence-electron chi connectivity index (χ1n) is 10.5. The summed E-state index contributed by atoms with van der Waals surface area (Å²) in [6.07, 6.45) is 9.85. The third kappa shape index (κ3) is 2.96. The Kier molecular flexibility index (Phi) is 4.26. The lowest BCUT2D eigenvalue weighted by Crippen LogP contribution is -2.59. The second kappa shape index (κ2) is 6.50. The molecule has 2 atom stereocenters. The van der Waals surface area contributed by atoms with E-state index >= 15 is 0 Å². The van der Waals surface area contributed by atoms with Gasteiger partial charge in [0.05, 0.1) is 6.10 Å². The third-order valence-electron chi connectivity index (χ3n) is 7.59. The lowest BCUT2D eigenvalue weighted by Gasteiger charge is -2.57. The quantitative estimate of drug-likeness (QED) is 0.472. The second-order valence-corrected chi connectivity index (χ2v) is 9.32. The first-order chi connectivity index (χ1) is 12.6. The second-order valence-electron chi connectivity index (χ2n) is 9.32. The Balaban J connectivity index is 1.23. The van der Waals surface area contributed by atoms with Gasteiger partial charge in [0.1, 0.15) is 5.75 Å². The third-order valence-corrected chi connectivity index (χ3v) is 7.59. The number of hydrogen-bond donors (Lipinski definition) is 2. The van der Waals surface area contributed by atoms with Crippen molar-refractivity contribution in [3.8, 4) is 5.75 Å². The van der Waals surface area contributed by atoms with Crippen LogP contribution in [-0.2, 0) is 9.78 Å². The molecular formula is C22H30O4. The Labute approximate surface area is 155 Å². The van der Waals surface area contributed by atoms with E-state index in [1.165, 1.54) is 12.0 Å². The van der Waals surface area contributed by atoms with E-state index in [1.54, 1.807) is 6.07 Å². The van der Waals surface area contributed by atoms with Gasteiger partial charge in [-0.15, -0.1) is 0 Å². The minimum atomic E-state index is -1.06. The van der Waals surface area contributed by atoms with Crippen molar-refractivity contribution in [1.29, 1.82) is 0 Å². The Morgan fingerprint density at radius 3 is 2.35 bits per heavy atom. The van der Waals surface area contributed by atoms with Crippen molar-refractivity contribution in [2.45, 2.75) is 75.6 Å². The highest BCUT2D eigenvalue weighted by atomic mass is 17.2. The fraction of sp³-hybridized carbons (Fsp3) is 0.727. The Morgan fingerprint density at radius 2 is 1.65 bits per heavy atom. The van der Waals surface area contributed by atoms with Gasteiger partial charge >= 0.3 is 0 Å². The average molecular weight is 358 g/mol. The van der Waals surface area contributed by atoms with Gasteiger partial charge in [0.15, 0.2) is 0 Å². The summed E-state index contributed by atoms with van der Waals surface area (Å²) in [4.78, 5) is 11.7. The molecule has 4 bridgehead atoms. The van der Waals surface area contributed by atoms with E-state index in [0.717, 1.165) is 63.2 Å². The lowest BCUT2D eigenvalue weighted by molar-refractivity contribution is -0.481. The van der Waals surface area contributed by atoms with Crippen molar-refractivity contribution >= 4 is 0 Å². The summed E-state index contributed by atoms with van der Waals surface area (Å²) in [5, 5.41) is 21.0. The summed E-state index contributed by atoms with van der Waals surface area (Å²) in [5.41, 5.74) is 1.17. The van der Waals surface area contributed by atoms with E-state index < -0.39 is 5.79 Å². The molecule has 0 amide bonds. The van der Waals surface area contributed by atoms with Crippen LogP contribution < -0.4 is 0 Å². The largest absolute Gasteiger partial charge is 0.508 e. The van der Waals surface area contributed by atoms with Gasteiger partial charge in [0.2, 0.25) is 5.79 Å². The molecule has 0 radical (unpaired) electrons. The molecule has 0 heterocycles. The molecule has 0 spiro atoms. The highest BCUT2D eigenvalue weighted by Crippen LogP contribution is 2.58. The molecule has 4 nitrogen and oxygen atoms in total. The monoisotopic (exact) mass is 358 g/mol. The summed E-state index contributed by atoms with van der Waals surface area (Å²) < 4.78 is 0. The minimum absolute atomic E-state index is 0.0253. The zero-order valence-electron chi connectivity index (χ0n) is 15.3. The van der Waals surface area contributed by atoms with Crippen LogP contribution in [0.15, 0.2) is 24.3 Å². The van der Waals surface area contributed by atoms with E-state index in [-0.39, 0.29) is 17.9 Å². The fourth-order valence-corrected chi connectivity index (χ4v) is 6.45. The molecule has 0 saturated heterocycles. The molecule has 5 aliphatic rings. The van der Waals surface area contributed by atoms with Crippen LogP contribution in [0.5, 0.6) is 5.75 Å². The Hall–Kier alpha value is -1.10. The molecule has 2 N–H and O–H groups in total. The van der Waals surface area contributed by atoms with Gasteiger partial charge in [0, 0.05) is 11.8 Å². The maximum atomic E-state index is 11.3. The Bertz CT molecular complexity index is 629. The van der Waals surface area contributed by atoms with E-state index in [2.05, 4.69) is 6.07 Å². The van der Waals surface area contributed by atoms with E-state index in [0.29, 0.717) is 11.7 Å². The summed E-state index contributed by atoms with van der Waals surface area (Å²) >= 11 is 0. The van der Waals surface area contributed by atoms with Gasteiger partial charge in [-0.25, -0.2) is 9.78 Å². The van der Waals surface area contributed by atoms with Gasteiger partial charge < -0.3 is 10.2 Å². The van der Waals surface area contributed by atoms with Gasteiger partial charge in [-0.1, -0.05) is 18.6 Å². The van der Waals surface area contributed by atoms with E-state index in [1.807, 2.05) is 12.1 Å². The molecule has 4 heteroatoms. The zero-order valence-corrected chi connectivity index (χ0v) is 15.3. The molecule has 5 saturated carbocycles. The smallest absolute Gasteiger partial charge is 0.204 e. The van der Waals surface area contributed by atoms with Crippen LogP contribution in [0.4, 0.5) is 0 Å². The maximum Gasteiger partial charge on any atom is 0.204 e. The molecule has 1 aromatic carbocycles. The molecule has 5 aliphatic carbocycles. The van der Waals surface area contributed by atoms with Crippen LogP contribution in [0.2, 0.25) is 0 Å². The maximum absolute atomic E-state index is 11.3.